The van der Waals surface area contributed by atoms with Crippen LogP contribution in [0.15, 0.2) is 55.3 Å². The van der Waals surface area contributed by atoms with Crippen molar-refractivity contribution in [2.75, 3.05) is 39.0 Å². The Balaban J connectivity index is 1.22. The number of nitrogens with zero attached hydrogens (tertiary/aromatic N) is 7. The minimum Gasteiger partial charge on any atom is -0.387 e. The van der Waals surface area contributed by atoms with Gasteiger partial charge in [0, 0.05) is 50.6 Å². The maximum Gasteiger partial charge on any atom is 0.350 e. The monoisotopic (exact) mass is 612 g/mol. The van der Waals surface area contributed by atoms with Crippen molar-refractivity contribution in [1.82, 2.24) is 34.7 Å². The lowest BCUT2D eigenvalue weighted by atomic mass is 10.2. The number of halogens is 1. The second kappa shape index (κ2) is 12.6. The first-order valence-corrected chi connectivity index (χ1v) is 14.4. The molecule has 3 atom stereocenters. The molecule has 4 aromatic rings. The van der Waals surface area contributed by atoms with Crippen LogP contribution in [-0.4, -0.2) is 96.1 Å². The van der Waals surface area contributed by atoms with Crippen LogP contribution >= 0.6 is 24.2 Å². The number of carbonyl (C=O) groups excluding carboxylic acids is 2. The zero-order valence-corrected chi connectivity index (χ0v) is 24.7. The number of rotatable bonds is 10. The highest BCUT2D eigenvalue weighted by molar-refractivity contribution is 7.74. The van der Waals surface area contributed by atoms with Gasteiger partial charge in [0.2, 0.25) is 0 Å². The van der Waals surface area contributed by atoms with E-state index in [0.29, 0.717) is 34.4 Å². The molecule has 0 radical (unpaired) electrons. The number of quaternary nitrogens is 1. The maximum absolute atomic E-state index is 14.1. The van der Waals surface area contributed by atoms with Crippen LogP contribution in [0.2, 0.25) is 0 Å². The normalized spacial score (nSPS) is 20.5. The van der Waals surface area contributed by atoms with Crippen LogP contribution < -0.4 is 10.6 Å². The summed E-state index contributed by atoms with van der Waals surface area (Å²) < 4.78 is 15.5. The molecule has 0 bridgehead atoms. The quantitative estimate of drug-likeness (QED) is 0.121. The molecule has 0 aromatic carbocycles. The Morgan fingerprint density at radius 3 is 2.90 bits per heavy atom. The Kier molecular flexibility index (Phi) is 8.93. The molecule has 220 valence electrons. The van der Waals surface area contributed by atoms with E-state index in [2.05, 4.69) is 43.4 Å². The first-order valence-electron chi connectivity index (χ1n) is 13.2. The summed E-state index contributed by atoms with van der Waals surface area (Å²) in [6.07, 6.45) is 8.84. The molecule has 4 aromatic heterocycles. The van der Waals surface area contributed by atoms with Crippen molar-refractivity contribution in [2.45, 2.75) is 25.1 Å². The fraction of sp³-hybridized carbons (Fsp3) is 0.333. The number of likely N-dealkylation sites (N-methyl/N-ethyl adjacent to an activating group) is 1. The average Bonchev–Trinajstić information content (AvgIpc) is 3.66. The number of aliphatic hydroxyl groups is 1. The summed E-state index contributed by atoms with van der Waals surface area (Å²) in [6, 6.07) is 3.88. The summed E-state index contributed by atoms with van der Waals surface area (Å²) in [7, 11) is 3.77. The van der Waals surface area contributed by atoms with Gasteiger partial charge in [0.15, 0.2) is 11.2 Å². The molecular formula is C27H31FN9O3S2+. The maximum atomic E-state index is 14.1. The third-order valence-corrected chi connectivity index (χ3v) is 8.37. The van der Waals surface area contributed by atoms with Gasteiger partial charge in [0.25, 0.3) is 5.91 Å². The van der Waals surface area contributed by atoms with E-state index in [-0.39, 0.29) is 37.0 Å². The molecule has 2 amide bonds. The van der Waals surface area contributed by atoms with Crippen molar-refractivity contribution in [3.63, 3.8) is 0 Å². The molecule has 1 aliphatic heterocycles. The highest BCUT2D eigenvalue weighted by Crippen LogP contribution is 2.32. The Hall–Kier alpha value is -3.76. The Bertz CT molecular complexity index is 1630. The smallest absolute Gasteiger partial charge is 0.350 e. The summed E-state index contributed by atoms with van der Waals surface area (Å²) >= 11 is 5.80. The largest absolute Gasteiger partial charge is 0.387 e. The minimum absolute atomic E-state index is 0.0542. The molecule has 5 heterocycles. The second-order valence-electron chi connectivity index (χ2n) is 10.2. The van der Waals surface area contributed by atoms with E-state index < -0.39 is 21.9 Å². The van der Waals surface area contributed by atoms with Crippen molar-refractivity contribution < 1.29 is 23.0 Å². The topological polar surface area (TPSA) is 138 Å². The lowest BCUT2D eigenvalue weighted by molar-refractivity contribution is -0.715. The van der Waals surface area contributed by atoms with E-state index >= 15 is 0 Å². The van der Waals surface area contributed by atoms with E-state index in [0.717, 1.165) is 5.52 Å². The summed E-state index contributed by atoms with van der Waals surface area (Å²) in [5.41, 5.74) is 1.69. The van der Waals surface area contributed by atoms with Crippen molar-refractivity contribution in [3.8, 4) is 10.6 Å². The fourth-order valence-corrected chi connectivity index (χ4v) is 6.01. The summed E-state index contributed by atoms with van der Waals surface area (Å²) in [6.45, 7) is 1.30. The zero-order valence-electron chi connectivity index (χ0n) is 23.0. The number of amides is 2. The van der Waals surface area contributed by atoms with Crippen LogP contribution in [0.3, 0.4) is 0 Å². The number of thiazole rings is 1. The van der Waals surface area contributed by atoms with E-state index in [1.165, 1.54) is 35.7 Å². The highest BCUT2D eigenvalue weighted by atomic mass is 32.1. The average molecular weight is 613 g/mol. The van der Waals surface area contributed by atoms with Crippen LogP contribution in [0.25, 0.3) is 21.6 Å². The highest BCUT2D eigenvalue weighted by Gasteiger charge is 2.53. The number of anilines is 2. The van der Waals surface area contributed by atoms with Gasteiger partial charge in [0.05, 0.1) is 35.7 Å². The molecular weight excluding hydrogens is 581 g/mol. The number of fused-ring (bicyclic) bond motifs is 1. The number of carbonyl (C=O) groups is 2. The molecule has 1 aliphatic rings. The van der Waals surface area contributed by atoms with Gasteiger partial charge < -0.3 is 25.2 Å². The molecule has 12 nitrogen and oxygen atoms in total. The molecule has 2 unspecified atom stereocenters. The lowest BCUT2D eigenvalue weighted by Crippen LogP contribution is -2.54. The molecule has 0 aliphatic carbocycles. The summed E-state index contributed by atoms with van der Waals surface area (Å²) in [5.74, 6) is -0.598. The van der Waals surface area contributed by atoms with Crippen LogP contribution in [-0.2, 0) is 16.1 Å². The van der Waals surface area contributed by atoms with Crippen molar-refractivity contribution >= 4 is 57.9 Å². The van der Waals surface area contributed by atoms with Gasteiger partial charge in [0.1, 0.15) is 35.5 Å². The van der Waals surface area contributed by atoms with Gasteiger partial charge in [-0.2, -0.15) is 3.89 Å². The molecule has 1 fully saturated rings. The number of hydrogen-bond acceptors (Lipinski definition) is 11. The van der Waals surface area contributed by atoms with Crippen molar-refractivity contribution in [1.29, 1.82) is 0 Å². The lowest BCUT2D eigenvalue weighted by Gasteiger charge is -2.28. The standard InChI is InChI=1S/C27H30FN9O3S2/c1-35(2)9-4-6-24(39)37(41)15-17(38)11-21(37)26(40)30-8-10-36-16-33-19-13-31-23(12-20(19)36)34-27-32-14-22(42-27)25-18(28)5-3-7-29-25/h3-7,12-14,16-17,21,38,41H,8-11,15H2,1-2H3,(H-,29,30,31,32,34,40)/p+1/b6-4+/t17-,21?,37?/m1/s1. The zero-order chi connectivity index (χ0) is 29.9. The van der Waals surface area contributed by atoms with Gasteiger partial charge in [-0.1, -0.05) is 17.4 Å². The molecule has 42 heavy (non-hydrogen) atoms. The van der Waals surface area contributed by atoms with Crippen LogP contribution in [0.4, 0.5) is 15.3 Å². The van der Waals surface area contributed by atoms with Crippen LogP contribution in [0, 0.1) is 5.82 Å². The third kappa shape index (κ3) is 6.50. The number of likely N-dealkylation sites (tertiary alicyclic amines) is 1. The minimum atomic E-state index is -0.817. The Morgan fingerprint density at radius 2 is 2.12 bits per heavy atom. The number of aromatic nitrogens is 5. The van der Waals surface area contributed by atoms with E-state index in [1.54, 1.807) is 24.8 Å². The molecule has 15 heteroatoms. The molecule has 5 rings (SSSR count). The number of aliphatic hydroxyl groups excluding tert-OH is 1. The van der Waals surface area contributed by atoms with Gasteiger partial charge in [-0.05, 0) is 26.2 Å². The second-order valence-corrected chi connectivity index (χ2v) is 11.9. The molecule has 3 N–H and O–H groups in total. The predicted octanol–water partition coefficient (Wildman–Crippen LogP) is 2.39. The van der Waals surface area contributed by atoms with Crippen LogP contribution in [0.5, 0.6) is 0 Å². The number of nitrogens with one attached hydrogen (secondary N) is 2. The first-order chi connectivity index (χ1) is 20.1. The number of pyridine rings is 2. The molecule has 0 spiro atoms. The van der Waals surface area contributed by atoms with Gasteiger partial charge in [-0.15, -0.1) is 0 Å². The first kappa shape index (κ1) is 29.7. The molecule has 1 saturated heterocycles. The van der Waals surface area contributed by atoms with Gasteiger partial charge >= 0.3 is 5.91 Å². The number of thiol groups is 1. The SMILES string of the molecule is CN(C)C/C=C/C(=O)[N+]1(S)C[C@H](O)CC1C(=O)NCCn1cnc2cnc(Nc3ncc(-c4ncccc4F)s3)cc21. The van der Waals surface area contributed by atoms with E-state index in [1.807, 2.05) is 29.6 Å². The van der Waals surface area contributed by atoms with Crippen molar-refractivity contribution in [3.05, 3.63) is 61.1 Å². The summed E-state index contributed by atoms with van der Waals surface area (Å²) in [5, 5.41) is 16.8. The Morgan fingerprint density at radius 1 is 1.29 bits per heavy atom. The summed E-state index contributed by atoms with van der Waals surface area (Å²) in [4.78, 5) is 45.7. The third-order valence-electron chi connectivity index (χ3n) is 6.81. The predicted molar refractivity (Wildman–Crippen MR) is 160 cm³/mol. The Labute approximate surface area is 251 Å². The van der Waals surface area contributed by atoms with Crippen LogP contribution in [0.1, 0.15) is 6.42 Å². The fourth-order valence-electron chi connectivity index (χ4n) is 4.74. The van der Waals surface area contributed by atoms with Gasteiger partial charge in [-0.3, -0.25) is 9.78 Å². The number of imidazole rings is 1. The van der Waals surface area contributed by atoms with E-state index in [4.69, 9.17) is 0 Å². The van der Waals surface area contributed by atoms with Gasteiger partial charge in [-0.25, -0.2) is 24.1 Å². The van der Waals surface area contributed by atoms with E-state index in [9.17, 15) is 19.1 Å². The van der Waals surface area contributed by atoms with Crippen molar-refractivity contribution in [2.24, 2.45) is 0 Å². The molecule has 0 saturated carbocycles. The number of hydrogen-bond donors (Lipinski definition) is 4.